The van der Waals surface area contributed by atoms with Crippen molar-refractivity contribution in [2.45, 2.75) is 38.1 Å². The van der Waals surface area contributed by atoms with E-state index < -0.39 is 0 Å². The molecule has 172 valence electrons. The predicted octanol–water partition coefficient (Wildman–Crippen LogP) is 3.03. The minimum atomic E-state index is -0.252. The molecular formula is C26H29N3O4. The summed E-state index contributed by atoms with van der Waals surface area (Å²) in [6, 6.07) is 13.5. The van der Waals surface area contributed by atoms with E-state index in [4.69, 9.17) is 4.74 Å². The van der Waals surface area contributed by atoms with Crippen molar-refractivity contribution in [1.82, 2.24) is 10.2 Å². The second-order valence-electron chi connectivity index (χ2n) is 9.13. The summed E-state index contributed by atoms with van der Waals surface area (Å²) in [6.07, 6.45) is 4.43. The number of anilines is 1. The summed E-state index contributed by atoms with van der Waals surface area (Å²) in [4.78, 5) is 42.5. The molecule has 33 heavy (non-hydrogen) atoms. The highest BCUT2D eigenvalue weighted by molar-refractivity contribution is 6.23. The quantitative estimate of drug-likeness (QED) is 0.660. The number of rotatable bonds is 7. The van der Waals surface area contributed by atoms with Crippen molar-refractivity contribution in [2.75, 3.05) is 31.6 Å². The number of imide groups is 1. The first-order valence-corrected chi connectivity index (χ1v) is 11.7. The molecule has 3 amide bonds. The van der Waals surface area contributed by atoms with Crippen molar-refractivity contribution < 1.29 is 19.1 Å². The van der Waals surface area contributed by atoms with Gasteiger partial charge in [-0.25, -0.2) is 0 Å². The lowest BCUT2D eigenvalue weighted by Crippen LogP contribution is -2.44. The number of nitrogens with one attached hydrogen (secondary N) is 1. The first kappa shape index (κ1) is 21.5. The zero-order valence-electron chi connectivity index (χ0n) is 18.9. The van der Waals surface area contributed by atoms with Gasteiger partial charge in [0.05, 0.1) is 29.8 Å². The summed E-state index contributed by atoms with van der Waals surface area (Å²) in [5, 5.41) is 3.11. The van der Waals surface area contributed by atoms with E-state index in [9.17, 15) is 14.4 Å². The van der Waals surface area contributed by atoms with Gasteiger partial charge in [0.25, 0.3) is 11.8 Å². The van der Waals surface area contributed by atoms with Crippen LogP contribution in [0.4, 0.5) is 5.69 Å². The Hall–Kier alpha value is -3.35. The van der Waals surface area contributed by atoms with Crippen LogP contribution in [0.1, 0.15) is 52.0 Å². The van der Waals surface area contributed by atoms with Gasteiger partial charge in [0.15, 0.2) is 0 Å². The summed E-state index contributed by atoms with van der Waals surface area (Å²) >= 11 is 0. The molecule has 2 fully saturated rings. The van der Waals surface area contributed by atoms with Crippen LogP contribution < -0.4 is 15.0 Å². The number of benzene rings is 2. The number of piperidine rings is 1. The third-order valence-corrected chi connectivity index (χ3v) is 6.79. The van der Waals surface area contributed by atoms with Crippen molar-refractivity contribution in [3.8, 4) is 5.75 Å². The molecule has 1 N–H and O–H groups in total. The molecule has 1 saturated carbocycles. The number of hydrogen-bond acceptors (Lipinski definition) is 5. The van der Waals surface area contributed by atoms with Gasteiger partial charge in [0.1, 0.15) is 5.75 Å². The van der Waals surface area contributed by atoms with Gasteiger partial charge < -0.3 is 15.0 Å². The molecule has 2 aromatic carbocycles. The van der Waals surface area contributed by atoms with Crippen LogP contribution in [-0.2, 0) is 11.2 Å². The second-order valence-corrected chi connectivity index (χ2v) is 9.13. The Labute approximate surface area is 193 Å². The number of methoxy groups -OCH3 is 1. The SMILES string of the molecule is COc1cccc(CCN2C(=O)c3cccc(N4CCC[C@@H](C(=O)NC5CC5)C4)c3C2=O)c1. The largest absolute Gasteiger partial charge is 0.497 e. The maximum Gasteiger partial charge on any atom is 0.263 e. The zero-order valence-corrected chi connectivity index (χ0v) is 18.9. The van der Waals surface area contributed by atoms with Gasteiger partial charge in [0, 0.05) is 25.7 Å². The number of carbonyl (C=O) groups excluding carboxylic acids is 3. The van der Waals surface area contributed by atoms with Crippen LogP contribution >= 0.6 is 0 Å². The van der Waals surface area contributed by atoms with Crippen LogP contribution in [-0.4, -0.2) is 55.4 Å². The third kappa shape index (κ3) is 4.32. The van der Waals surface area contributed by atoms with Crippen LogP contribution in [0, 0.1) is 5.92 Å². The Balaban J connectivity index is 1.32. The molecule has 1 aliphatic carbocycles. The fourth-order valence-corrected chi connectivity index (χ4v) is 4.81. The molecule has 0 radical (unpaired) electrons. The van der Waals surface area contributed by atoms with Gasteiger partial charge in [-0.3, -0.25) is 19.3 Å². The van der Waals surface area contributed by atoms with E-state index in [0.29, 0.717) is 36.7 Å². The van der Waals surface area contributed by atoms with Gasteiger partial charge in [-0.2, -0.15) is 0 Å². The number of fused-ring (bicyclic) bond motifs is 1. The molecule has 7 nitrogen and oxygen atoms in total. The molecule has 1 atom stereocenters. The monoisotopic (exact) mass is 447 g/mol. The fourth-order valence-electron chi connectivity index (χ4n) is 4.81. The minimum Gasteiger partial charge on any atom is -0.497 e. The van der Waals surface area contributed by atoms with Crippen molar-refractivity contribution in [2.24, 2.45) is 5.92 Å². The summed E-state index contributed by atoms with van der Waals surface area (Å²) < 4.78 is 5.27. The molecule has 7 heteroatoms. The summed E-state index contributed by atoms with van der Waals surface area (Å²) in [6.45, 7) is 1.65. The van der Waals surface area contributed by atoms with Crippen LogP contribution in [0.25, 0.3) is 0 Å². The average Bonchev–Trinajstić information content (AvgIpc) is 3.63. The van der Waals surface area contributed by atoms with Crippen LogP contribution in [0.5, 0.6) is 5.75 Å². The first-order valence-electron chi connectivity index (χ1n) is 11.7. The van der Waals surface area contributed by atoms with Crippen molar-refractivity contribution >= 4 is 23.4 Å². The van der Waals surface area contributed by atoms with Crippen LogP contribution in [0.2, 0.25) is 0 Å². The number of nitrogens with zero attached hydrogens (tertiary/aromatic N) is 2. The molecule has 0 spiro atoms. The second kappa shape index (κ2) is 8.89. The van der Waals surface area contributed by atoms with E-state index in [1.54, 1.807) is 13.2 Å². The van der Waals surface area contributed by atoms with Gasteiger partial charge in [-0.15, -0.1) is 0 Å². The van der Waals surface area contributed by atoms with Gasteiger partial charge in [-0.1, -0.05) is 18.2 Å². The Morgan fingerprint density at radius 2 is 1.91 bits per heavy atom. The molecule has 2 heterocycles. The average molecular weight is 448 g/mol. The lowest BCUT2D eigenvalue weighted by atomic mass is 9.95. The molecule has 5 rings (SSSR count). The maximum atomic E-state index is 13.4. The molecule has 3 aliphatic rings. The van der Waals surface area contributed by atoms with Gasteiger partial charge in [0.2, 0.25) is 5.91 Å². The first-order chi connectivity index (χ1) is 16.0. The lowest BCUT2D eigenvalue weighted by Gasteiger charge is -2.34. The molecule has 2 aliphatic heterocycles. The molecule has 0 unspecified atom stereocenters. The topological polar surface area (TPSA) is 79.0 Å². The lowest BCUT2D eigenvalue weighted by molar-refractivity contribution is -0.125. The summed E-state index contributed by atoms with van der Waals surface area (Å²) in [7, 11) is 1.62. The fraction of sp³-hybridized carbons (Fsp3) is 0.423. The van der Waals surface area contributed by atoms with Crippen LogP contribution in [0.15, 0.2) is 42.5 Å². The van der Waals surface area contributed by atoms with Gasteiger partial charge >= 0.3 is 0 Å². The van der Waals surface area contributed by atoms with E-state index in [-0.39, 0.29) is 23.6 Å². The Morgan fingerprint density at radius 3 is 2.70 bits per heavy atom. The standard InChI is InChI=1S/C26H29N3O4/c1-33-20-7-2-5-17(15-20)12-14-29-25(31)21-8-3-9-22(23(21)26(29)32)28-13-4-6-18(16-28)24(30)27-19-10-11-19/h2-3,5,7-9,15,18-19H,4,6,10-14,16H2,1H3,(H,27,30)/t18-/m1/s1. The molecule has 0 aromatic heterocycles. The molecule has 2 aromatic rings. The Kier molecular flexibility index (Phi) is 5.79. The van der Waals surface area contributed by atoms with E-state index in [0.717, 1.165) is 49.2 Å². The summed E-state index contributed by atoms with van der Waals surface area (Å²) in [5.74, 6) is 0.268. The van der Waals surface area contributed by atoms with E-state index >= 15 is 0 Å². The Bertz CT molecular complexity index is 1090. The van der Waals surface area contributed by atoms with Gasteiger partial charge in [-0.05, 0) is 61.9 Å². The number of ether oxygens (including phenoxy) is 1. The molecule has 1 saturated heterocycles. The number of carbonyl (C=O) groups is 3. The molecule has 0 bridgehead atoms. The normalized spacial score (nSPS) is 20.1. The maximum absolute atomic E-state index is 13.4. The van der Waals surface area contributed by atoms with E-state index in [1.165, 1.54) is 4.90 Å². The predicted molar refractivity (Wildman–Crippen MR) is 125 cm³/mol. The molecular weight excluding hydrogens is 418 g/mol. The van der Waals surface area contributed by atoms with Crippen molar-refractivity contribution in [3.05, 3.63) is 59.2 Å². The third-order valence-electron chi connectivity index (χ3n) is 6.79. The minimum absolute atomic E-state index is 0.0911. The van der Waals surface area contributed by atoms with Crippen molar-refractivity contribution in [3.63, 3.8) is 0 Å². The zero-order chi connectivity index (χ0) is 22.9. The van der Waals surface area contributed by atoms with Crippen LogP contribution in [0.3, 0.4) is 0 Å². The summed E-state index contributed by atoms with van der Waals surface area (Å²) in [5.41, 5.74) is 2.69. The Morgan fingerprint density at radius 1 is 1.09 bits per heavy atom. The number of amides is 3. The van der Waals surface area contributed by atoms with E-state index in [1.807, 2.05) is 36.4 Å². The van der Waals surface area contributed by atoms with E-state index in [2.05, 4.69) is 10.2 Å². The highest BCUT2D eigenvalue weighted by Gasteiger charge is 2.39. The smallest absolute Gasteiger partial charge is 0.263 e. The number of hydrogen-bond donors (Lipinski definition) is 1. The highest BCUT2D eigenvalue weighted by atomic mass is 16.5. The van der Waals surface area contributed by atoms with Crippen molar-refractivity contribution in [1.29, 1.82) is 0 Å². The highest BCUT2D eigenvalue weighted by Crippen LogP contribution is 2.34.